The second-order valence-electron chi connectivity index (χ2n) is 5.51. The van der Waals surface area contributed by atoms with E-state index in [1.165, 1.54) is 19.4 Å². The minimum atomic E-state index is 0.607. The van der Waals surface area contributed by atoms with E-state index in [0.29, 0.717) is 11.2 Å². The lowest BCUT2D eigenvalue weighted by Gasteiger charge is -2.38. The highest BCUT2D eigenvalue weighted by Gasteiger charge is 2.31. The van der Waals surface area contributed by atoms with Crippen molar-refractivity contribution in [1.29, 1.82) is 0 Å². The van der Waals surface area contributed by atoms with Gasteiger partial charge >= 0.3 is 0 Å². The summed E-state index contributed by atoms with van der Waals surface area (Å²) in [7, 11) is 0. The Kier molecular flexibility index (Phi) is 3.63. The van der Waals surface area contributed by atoms with Crippen LogP contribution in [0.15, 0.2) is 0 Å². The zero-order valence-electron chi connectivity index (χ0n) is 11.7. The fraction of sp³-hybridized carbons (Fsp3) is 0.714. The van der Waals surface area contributed by atoms with E-state index in [1.807, 2.05) is 6.92 Å². The summed E-state index contributed by atoms with van der Waals surface area (Å²) >= 11 is 6.24. The van der Waals surface area contributed by atoms with Gasteiger partial charge in [0, 0.05) is 37.7 Å². The molecule has 0 amide bonds. The molecule has 2 fully saturated rings. The predicted molar refractivity (Wildman–Crippen MR) is 78.0 cm³/mol. The number of aryl methyl sites for hydroxylation is 1. The lowest BCUT2D eigenvalue weighted by atomic mass is 10.1. The predicted octanol–water partition coefficient (Wildman–Crippen LogP) is 2.29. The van der Waals surface area contributed by atoms with Crippen LogP contribution in [0.5, 0.6) is 0 Å². The first kappa shape index (κ1) is 13.1. The van der Waals surface area contributed by atoms with Gasteiger partial charge in [-0.05, 0) is 26.3 Å². The van der Waals surface area contributed by atoms with Crippen molar-refractivity contribution in [3.05, 3.63) is 16.5 Å². The summed E-state index contributed by atoms with van der Waals surface area (Å²) in [6.45, 7) is 8.64. The summed E-state index contributed by atoms with van der Waals surface area (Å²) < 4.78 is 0. The molecule has 0 radical (unpaired) electrons. The third-order valence-corrected chi connectivity index (χ3v) is 4.68. The van der Waals surface area contributed by atoms with Gasteiger partial charge < -0.3 is 4.90 Å². The Bertz CT molecular complexity index is 477. The number of hydrogen-bond donors (Lipinski definition) is 0. The van der Waals surface area contributed by atoms with Gasteiger partial charge in [-0.25, -0.2) is 9.97 Å². The Morgan fingerprint density at radius 3 is 2.89 bits per heavy atom. The third kappa shape index (κ3) is 2.43. The Morgan fingerprint density at radius 2 is 2.11 bits per heavy atom. The van der Waals surface area contributed by atoms with Crippen molar-refractivity contribution in [1.82, 2.24) is 14.9 Å². The summed E-state index contributed by atoms with van der Waals surface area (Å²) in [5.41, 5.74) is 1.02. The molecule has 0 saturated carbocycles. The van der Waals surface area contributed by atoms with Gasteiger partial charge in [-0.2, -0.15) is 0 Å². The highest BCUT2D eigenvalue weighted by Crippen LogP contribution is 2.28. The lowest BCUT2D eigenvalue weighted by molar-refractivity contribution is 0.230. The van der Waals surface area contributed by atoms with Crippen LogP contribution in [0.3, 0.4) is 0 Å². The molecule has 1 unspecified atom stereocenters. The van der Waals surface area contributed by atoms with Crippen LogP contribution in [-0.2, 0) is 6.42 Å². The van der Waals surface area contributed by atoms with Gasteiger partial charge in [0.1, 0.15) is 16.8 Å². The summed E-state index contributed by atoms with van der Waals surface area (Å²) in [5.74, 6) is 1.89. The molecule has 0 N–H and O–H groups in total. The van der Waals surface area contributed by atoms with E-state index in [2.05, 4.69) is 21.7 Å². The number of nitrogens with zero attached hydrogens (tertiary/aromatic N) is 4. The van der Waals surface area contributed by atoms with Crippen molar-refractivity contribution >= 4 is 17.4 Å². The average molecular weight is 281 g/mol. The summed E-state index contributed by atoms with van der Waals surface area (Å²) in [5, 5.41) is 0.607. The van der Waals surface area contributed by atoms with Gasteiger partial charge in [-0.1, -0.05) is 18.5 Å². The lowest BCUT2D eigenvalue weighted by Crippen LogP contribution is -2.50. The van der Waals surface area contributed by atoms with E-state index < -0.39 is 0 Å². The molecule has 104 valence electrons. The number of fused-ring (bicyclic) bond motifs is 1. The molecule has 3 rings (SSSR count). The zero-order chi connectivity index (χ0) is 13.4. The third-order valence-electron chi connectivity index (χ3n) is 4.31. The van der Waals surface area contributed by atoms with Gasteiger partial charge in [0.05, 0.1) is 0 Å². The van der Waals surface area contributed by atoms with E-state index in [-0.39, 0.29) is 0 Å². The van der Waals surface area contributed by atoms with Gasteiger partial charge in [-0.3, -0.25) is 4.90 Å². The molecule has 2 saturated heterocycles. The Labute approximate surface area is 119 Å². The molecule has 0 spiro atoms. The highest BCUT2D eigenvalue weighted by atomic mass is 35.5. The first-order valence-electron chi connectivity index (χ1n) is 7.21. The molecule has 0 bridgehead atoms. The van der Waals surface area contributed by atoms with E-state index in [0.717, 1.165) is 43.3 Å². The van der Waals surface area contributed by atoms with Gasteiger partial charge in [-0.15, -0.1) is 0 Å². The summed E-state index contributed by atoms with van der Waals surface area (Å²) in [6.07, 6.45) is 3.48. The molecule has 0 aromatic carbocycles. The molecule has 2 aliphatic rings. The van der Waals surface area contributed by atoms with E-state index in [1.54, 1.807) is 0 Å². The molecule has 19 heavy (non-hydrogen) atoms. The maximum absolute atomic E-state index is 6.24. The first-order chi connectivity index (χ1) is 9.19. The van der Waals surface area contributed by atoms with E-state index in [4.69, 9.17) is 16.6 Å². The molecular weight excluding hydrogens is 260 g/mol. The number of aromatic nitrogens is 2. The smallest absolute Gasteiger partial charge is 0.137 e. The molecule has 0 aliphatic carbocycles. The van der Waals surface area contributed by atoms with Crippen LogP contribution >= 0.6 is 11.6 Å². The normalized spacial score (nSPS) is 23.7. The number of hydrogen-bond acceptors (Lipinski definition) is 4. The Morgan fingerprint density at radius 1 is 1.26 bits per heavy atom. The number of piperazine rings is 1. The second kappa shape index (κ2) is 5.25. The molecule has 5 heteroatoms. The quantitative estimate of drug-likeness (QED) is 0.778. The minimum absolute atomic E-state index is 0.607. The SMILES string of the molecule is CCc1nc(Cl)c(C)c(N2CCN3CCCC3C2)n1. The van der Waals surface area contributed by atoms with E-state index in [9.17, 15) is 0 Å². The highest BCUT2D eigenvalue weighted by molar-refractivity contribution is 6.30. The van der Waals surface area contributed by atoms with Crippen LogP contribution < -0.4 is 4.90 Å². The monoisotopic (exact) mass is 280 g/mol. The van der Waals surface area contributed by atoms with Gasteiger partial charge in [0.2, 0.25) is 0 Å². The van der Waals surface area contributed by atoms with Crippen LogP contribution in [0, 0.1) is 6.92 Å². The van der Waals surface area contributed by atoms with Gasteiger partial charge in [0.15, 0.2) is 0 Å². The number of rotatable bonds is 2. The first-order valence-corrected chi connectivity index (χ1v) is 7.59. The van der Waals surface area contributed by atoms with Crippen LogP contribution in [0.4, 0.5) is 5.82 Å². The fourth-order valence-electron chi connectivity index (χ4n) is 3.17. The minimum Gasteiger partial charge on any atom is -0.353 e. The molecule has 1 atom stereocenters. The number of halogens is 1. The van der Waals surface area contributed by atoms with Crippen LogP contribution in [0.1, 0.15) is 31.2 Å². The maximum atomic E-state index is 6.24. The number of anilines is 1. The molecule has 3 heterocycles. The van der Waals surface area contributed by atoms with Crippen LogP contribution in [0.2, 0.25) is 5.15 Å². The molecule has 4 nitrogen and oxygen atoms in total. The van der Waals surface area contributed by atoms with Crippen molar-refractivity contribution in [3.63, 3.8) is 0 Å². The van der Waals surface area contributed by atoms with Crippen molar-refractivity contribution < 1.29 is 0 Å². The zero-order valence-corrected chi connectivity index (χ0v) is 12.4. The van der Waals surface area contributed by atoms with Crippen molar-refractivity contribution in [3.8, 4) is 0 Å². The molecule has 1 aromatic rings. The fourth-order valence-corrected chi connectivity index (χ4v) is 3.35. The standard InChI is InChI=1S/C14H21ClN4/c1-3-12-16-13(15)10(2)14(17-12)19-8-7-18-6-4-5-11(18)9-19/h11H,3-9H2,1-2H3. The summed E-state index contributed by atoms with van der Waals surface area (Å²) in [4.78, 5) is 14.0. The van der Waals surface area contributed by atoms with Gasteiger partial charge in [0.25, 0.3) is 0 Å². The Balaban J connectivity index is 1.87. The average Bonchev–Trinajstić information content (AvgIpc) is 2.88. The van der Waals surface area contributed by atoms with Crippen molar-refractivity contribution in [2.75, 3.05) is 31.1 Å². The molecule has 1 aromatic heterocycles. The maximum Gasteiger partial charge on any atom is 0.137 e. The van der Waals surface area contributed by atoms with Crippen molar-refractivity contribution in [2.45, 2.75) is 39.2 Å². The topological polar surface area (TPSA) is 32.3 Å². The molecular formula is C14H21ClN4. The van der Waals surface area contributed by atoms with Crippen molar-refractivity contribution in [2.24, 2.45) is 0 Å². The van der Waals surface area contributed by atoms with Crippen LogP contribution in [-0.4, -0.2) is 47.1 Å². The largest absolute Gasteiger partial charge is 0.353 e. The molecule has 2 aliphatic heterocycles. The Hall–Kier alpha value is -0.870. The second-order valence-corrected chi connectivity index (χ2v) is 5.87. The van der Waals surface area contributed by atoms with Crippen LogP contribution in [0.25, 0.3) is 0 Å². The summed E-state index contributed by atoms with van der Waals surface area (Å²) in [6, 6.07) is 0.701. The van der Waals surface area contributed by atoms with E-state index >= 15 is 0 Å².